The van der Waals surface area contributed by atoms with Gasteiger partial charge in [0.05, 0.1) is 11.9 Å². The minimum absolute atomic E-state index is 0.323. The summed E-state index contributed by atoms with van der Waals surface area (Å²) in [4.78, 5) is 7.88. The highest BCUT2D eigenvalue weighted by Crippen LogP contribution is 2.25. The Bertz CT molecular complexity index is 524. The molecule has 1 atom stereocenters. The fourth-order valence-electron chi connectivity index (χ4n) is 2.18. The van der Waals surface area contributed by atoms with E-state index in [0.717, 1.165) is 17.9 Å². The second-order valence-electron chi connectivity index (χ2n) is 4.84. The lowest BCUT2D eigenvalue weighted by atomic mass is 10.0. The van der Waals surface area contributed by atoms with E-state index in [9.17, 15) is 0 Å². The maximum absolute atomic E-state index is 5.76. The number of imidazole rings is 1. The highest BCUT2D eigenvalue weighted by Gasteiger charge is 2.12. The molecular weight excluding hydrogens is 222 g/mol. The van der Waals surface area contributed by atoms with Crippen LogP contribution in [0.2, 0.25) is 0 Å². The third kappa shape index (κ3) is 2.46. The smallest absolute Gasteiger partial charge is 0.110 e. The Kier molecular flexibility index (Phi) is 3.82. The van der Waals surface area contributed by atoms with E-state index in [-0.39, 0.29) is 0 Å². The number of nitrogens with two attached hydrogens (primary N) is 1. The fourth-order valence-corrected chi connectivity index (χ4v) is 2.18. The molecule has 3 nitrogen and oxygen atoms in total. The van der Waals surface area contributed by atoms with Crippen LogP contribution in [0.4, 0.5) is 0 Å². The van der Waals surface area contributed by atoms with Crippen LogP contribution >= 0.6 is 0 Å². The normalized spacial score (nSPS) is 12.7. The molecular formula is C15H21N3. The summed E-state index contributed by atoms with van der Waals surface area (Å²) in [5, 5.41) is 0. The third-order valence-corrected chi connectivity index (χ3v) is 3.44. The van der Waals surface area contributed by atoms with Crippen LogP contribution in [-0.2, 0) is 0 Å². The predicted molar refractivity (Wildman–Crippen MR) is 75.6 cm³/mol. The molecule has 1 aromatic carbocycles. The van der Waals surface area contributed by atoms with Crippen LogP contribution in [0.25, 0.3) is 11.3 Å². The molecule has 2 aromatic rings. The third-order valence-electron chi connectivity index (χ3n) is 3.44. The average molecular weight is 243 g/mol. The summed E-state index contributed by atoms with van der Waals surface area (Å²) in [5.74, 6) is 1.32. The molecule has 3 heteroatoms. The van der Waals surface area contributed by atoms with Gasteiger partial charge in [0.25, 0.3) is 0 Å². The van der Waals surface area contributed by atoms with Gasteiger partial charge < -0.3 is 10.7 Å². The number of hydrogen-bond acceptors (Lipinski definition) is 2. The van der Waals surface area contributed by atoms with Gasteiger partial charge in [-0.2, -0.15) is 0 Å². The number of H-pyrrole nitrogens is 1. The Morgan fingerprint density at radius 2 is 2.11 bits per heavy atom. The highest BCUT2D eigenvalue weighted by molar-refractivity contribution is 5.63. The van der Waals surface area contributed by atoms with E-state index in [2.05, 4.69) is 48.9 Å². The maximum atomic E-state index is 5.76. The number of benzene rings is 1. The molecule has 0 spiro atoms. The molecule has 1 aromatic heterocycles. The van der Waals surface area contributed by atoms with Gasteiger partial charge in [0, 0.05) is 18.0 Å². The zero-order valence-electron chi connectivity index (χ0n) is 11.3. The summed E-state index contributed by atoms with van der Waals surface area (Å²) in [5.41, 5.74) is 10.6. The van der Waals surface area contributed by atoms with E-state index in [1.165, 1.54) is 16.7 Å². The van der Waals surface area contributed by atoms with Gasteiger partial charge >= 0.3 is 0 Å². The zero-order chi connectivity index (χ0) is 13.1. The van der Waals surface area contributed by atoms with Gasteiger partial charge in [-0.1, -0.05) is 24.6 Å². The quantitative estimate of drug-likeness (QED) is 0.866. The molecule has 0 fully saturated rings. The van der Waals surface area contributed by atoms with E-state index in [4.69, 9.17) is 5.73 Å². The number of rotatable bonds is 4. The molecule has 0 bridgehead atoms. The van der Waals surface area contributed by atoms with Gasteiger partial charge in [0.15, 0.2) is 0 Å². The van der Waals surface area contributed by atoms with Gasteiger partial charge in [-0.15, -0.1) is 0 Å². The topological polar surface area (TPSA) is 54.7 Å². The summed E-state index contributed by atoms with van der Waals surface area (Å²) >= 11 is 0. The van der Waals surface area contributed by atoms with Crippen LogP contribution in [0.3, 0.4) is 0 Å². The first kappa shape index (κ1) is 12.8. The molecule has 18 heavy (non-hydrogen) atoms. The standard InChI is InChI=1S/C15H21N3/c1-4-12(8-16)15-17-9-14(18-15)13-7-10(2)5-6-11(13)3/h5-7,9,12H,4,8,16H2,1-3H3,(H,17,18). The molecule has 96 valence electrons. The summed E-state index contributed by atoms with van der Waals surface area (Å²) < 4.78 is 0. The molecule has 0 amide bonds. The SMILES string of the molecule is CCC(CN)c1ncc(-c2cc(C)ccc2C)[nH]1. The lowest BCUT2D eigenvalue weighted by Gasteiger charge is -2.08. The van der Waals surface area contributed by atoms with Crippen molar-refractivity contribution < 1.29 is 0 Å². The van der Waals surface area contributed by atoms with Crippen molar-refractivity contribution in [1.82, 2.24) is 9.97 Å². The number of nitrogens with zero attached hydrogens (tertiary/aromatic N) is 1. The first-order chi connectivity index (χ1) is 8.65. The molecule has 0 aliphatic carbocycles. The van der Waals surface area contributed by atoms with Crippen LogP contribution in [0.1, 0.15) is 36.2 Å². The number of aromatic nitrogens is 2. The van der Waals surface area contributed by atoms with Crippen molar-refractivity contribution in [2.24, 2.45) is 5.73 Å². The molecule has 1 unspecified atom stereocenters. The lowest BCUT2D eigenvalue weighted by molar-refractivity contribution is 0.639. The largest absolute Gasteiger partial charge is 0.342 e. The van der Waals surface area contributed by atoms with Gasteiger partial charge in [-0.25, -0.2) is 4.98 Å². The van der Waals surface area contributed by atoms with Crippen molar-refractivity contribution >= 4 is 0 Å². The number of hydrogen-bond donors (Lipinski definition) is 2. The van der Waals surface area contributed by atoms with Crippen LogP contribution in [0.15, 0.2) is 24.4 Å². The summed E-state index contributed by atoms with van der Waals surface area (Å²) in [6, 6.07) is 6.46. The van der Waals surface area contributed by atoms with Crippen LogP contribution in [-0.4, -0.2) is 16.5 Å². The van der Waals surface area contributed by atoms with E-state index < -0.39 is 0 Å². The van der Waals surface area contributed by atoms with E-state index in [1.54, 1.807) is 0 Å². The Labute approximate surface area is 108 Å². The summed E-state index contributed by atoms with van der Waals surface area (Å²) in [7, 11) is 0. The van der Waals surface area contributed by atoms with Gasteiger partial charge in [-0.05, 0) is 31.9 Å². The molecule has 0 aliphatic heterocycles. The molecule has 0 aliphatic rings. The monoisotopic (exact) mass is 243 g/mol. The highest BCUT2D eigenvalue weighted by atomic mass is 14.9. The van der Waals surface area contributed by atoms with E-state index >= 15 is 0 Å². The Hall–Kier alpha value is -1.61. The lowest BCUT2D eigenvalue weighted by Crippen LogP contribution is -2.12. The molecule has 3 N–H and O–H groups in total. The molecule has 0 saturated heterocycles. The predicted octanol–water partition coefficient (Wildman–Crippen LogP) is 3.15. The van der Waals surface area contributed by atoms with E-state index in [1.807, 2.05) is 6.20 Å². The van der Waals surface area contributed by atoms with Crippen molar-refractivity contribution in [1.29, 1.82) is 0 Å². The maximum Gasteiger partial charge on any atom is 0.110 e. The molecule has 0 radical (unpaired) electrons. The van der Waals surface area contributed by atoms with E-state index in [0.29, 0.717) is 12.5 Å². The summed E-state index contributed by atoms with van der Waals surface area (Å²) in [6.07, 6.45) is 2.92. The molecule has 2 rings (SSSR count). The van der Waals surface area contributed by atoms with Crippen molar-refractivity contribution in [2.45, 2.75) is 33.1 Å². The first-order valence-electron chi connectivity index (χ1n) is 6.48. The first-order valence-corrected chi connectivity index (χ1v) is 6.48. The van der Waals surface area contributed by atoms with Gasteiger partial charge in [0.1, 0.15) is 5.82 Å². The van der Waals surface area contributed by atoms with Crippen LogP contribution < -0.4 is 5.73 Å². The minimum atomic E-state index is 0.323. The average Bonchev–Trinajstić information content (AvgIpc) is 2.83. The number of aromatic amines is 1. The Balaban J connectivity index is 2.37. The van der Waals surface area contributed by atoms with Crippen molar-refractivity contribution in [2.75, 3.05) is 6.54 Å². The number of nitrogens with one attached hydrogen (secondary N) is 1. The Morgan fingerprint density at radius 1 is 1.33 bits per heavy atom. The van der Waals surface area contributed by atoms with Crippen molar-refractivity contribution in [3.63, 3.8) is 0 Å². The molecule has 1 heterocycles. The Morgan fingerprint density at radius 3 is 2.78 bits per heavy atom. The fraction of sp³-hybridized carbons (Fsp3) is 0.400. The minimum Gasteiger partial charge on any atom is -0.342 e. The second kappa shape index (κ2) is 5.36. The number of aryl methyl sites for hydroxylation is 2. The van der Waals surface area contributed by atoms with Crippen LogP contribution in [0, 0.1) is 13.8 Å². The van der Waals surface area contributed by atoms with Gasteiger partial charge in [0.2, 0.25) is 0 Å². The second-order valence-corrected chi connectivity index (χ2v) is 4.84. The summed E-state index contributed by atoms with van der Waals surface area (Å²) in [6.45, 7) is 7.00. The van der Waals surface area contributed by atoms with Crippen molar-refractivity contribution in [3.8, 4) is 11.3 Å². The molecule has 0 saturated carbocycles. The zero-order valence-corrected chi connectivity index (χ0v) is 11.3. The van der Waals surface area contributed by atoms with Crippen LogP contribution in [0.5, 0.6) is 0 Å². The van der Waals surface area contributed by atoms with Gasteiger partial charge in [-0.3, -0.25) is 0 Å². The van der Waals surface area contributed by atoms with Crippen molar-refractivity contribution in [3.05, 3.63) is 41.3 Å².